The Bertz CT molecular complexity index is 695. The van der Waals surface area contributed by atoms with Crippen LogP contribution in [0.25, 0.3) is 6.08 Å². The van der Waals surface area contributed by atoms with Crippen LogP contribution in [-0.2, 0) is 11.3 Å². The lowest BCUT2D eigenvalue weighted by molar-refractivity contribution is -0.125. The highest BCUT2D eigenvalue weighted by atomic mass is 35.5. The first kappa shape index (κ1) is 17.0. The second-order valence-electron chi connectivity index (χ2n) is 4.85. The van der Waals surface area contributed by atoms with Gasteiger partial charge in [0.15, 0.2) is 11.5 Å². The number of likely N-dealkylation sites (N-methyl/N-ethyl adjacent to an activating group) is 1. The van der Waals surface area contributed by atoms with Gasteiger partial charge < -0.3 is 18.8 Å². The number of methoxy groups -OCH3 is 2. The Balaban J connectivity index is 2.10. The maximum absolute atomic E-state index is 12.1. The highest BCUT2D eigenvalue weighted by Gasteiger charge is 2.11. The number of benzene rings is 1. The third kappa shape index (κ3) is 4.29. The van der Waals surface area contributed by atoms with E-state index in [9.17, 15) is 4.79 Å². The van der Waals surface area contributed by atoms with Gasteiger partial charge in [-0.1, -0.05) is 11.6 Å². The summed E-state index contributed by atoms with van der Waals surface area (Å²) in [5.74, 6) is 1.55. The van der Waals surface area contributed by atoms with Crippen LogP contribution in [0.5, 0.6) is 11.5 Å². The summed E-state index contributed by atoms with van der Waals surface area (Å²) in [6.45, 7) is 0.406. The van der Waals surface area contributed by atoms with E-state index in [0.29, 0.717) is 23.1 Å². The van der Waals surface area contributed by atoms with Gasteiger partial charge in [0.1, 0.15) is 5.76 Å². The molecule has 1 aromatic heterocycles. The molecule has 23 heavy (non-hydrogen) atoms. The molecule has 1 heterocycles. The number of ether oxygens (including phenoxy) is 2. The van der Waals surface area contributed by atoms with Gasteiger partial charge in [0, 0.05) is 13.1 Å². The van der Waals surface area contributed by atoms with Crippen molar-refractivity contribution in [1.29, 1.82) is 0 Å². The molecule has 0 aliphatic rings. The minimum atomic E-state index is -0.146. The smallest absolute Gasteiger partial charge is 0.246 e. The third-order valence-electron chi connectivity index (χ3n) is 3.22. The molecule has 1 aromatic carbocycles. The predicted molar refractivity (Wildman–Crippen MR) is 88.8 cm³/mol. The molecule has 122 valence electrons. The van der Waals surface area contributed by atoms with E-state index in [0.717, 1.165) is 11.3 Å². The van der Waals surface area contributed by atoms with Crippen molar-refractivity contribution in [2.45, 2.75) is 6.54 Å². The summed E-state index contributed by atoms with van der Waals surface area (Å²) in [6.07, 6.45) is 4.73. The van der Waals surface area contributed by atoms with Crippen LogP contribution in [0.15, 0.2) is 41.0 Å². The molecule has 5 nitrogen and oxygen atoms in total. The summed E-state index contributed by atoms with van der Waals surface area (Å²) in [5, 5.41) is 0.419. The van der Waals surface area contributed by atoms with Crippen molar-refractivity contribution < 1.29 is 18.7 Å². The normalized spacial score (nSPS) is 10.8. The van der Waals surface area contributed by atoms with E-state index >= 15 is 0 Å². The number of nitrogens with zero attached hydrogens (tertiary/aromatic N) is 1. The molecule has 0 bridgehead atoms. The summed E-state index contributed by atoms with van der Waals surface area (Å²) in [5.41, 5.74) is 0.743. The van der Waals surface area contributed by atoms with Crippen molar-refractivity contribution in [3.63, 3.8) is 0 Å². The molecule has 6 heteroatoms. The average molecular weight is 336 g/mol. The van der Waals surface area contributed by atoms with Gasteiger partial charge >= 0.3 is 0 Å². The summed E-state index contributed by atoms with van der Waals surface area (Å²) < 4.78 is 15.6. The monoisotopic (exact) mass is 335 g/mol. The zero-order valence-corrected chi connectivity index (χ0v) is 14.0. The van der Waals surface area contributed by atoms with Gasteiger partial charge in [-0.3, -0.25) is 4.79 Å². The first-order valence-electron chi connectivity index (χ1n) is 6.92. The van der Waals surface area contributed by atoms with E-state index in [1.807, 2.05) is 6.07 Å². The number of hydrogen-bond donors (Lipinski definition) is 0. The van der Waals surface area contributed by atoms with E-state index in [2.05, 4.69) is 0 Å². The van der Waals surface area contributed by atoms with Crippen LogP contribution in [0.4, 0.5) is 0 Å². The first-order chi connectivity index (χ1) is 11.0. The lowest BCUT2D eigenvalue weighted by atomic mass is 10.2. The highest BCUT2D eigenvalue weighted by molar-refractivity contribution is 6.32. The summed E-state index contributed by atoms with van der Waals surface area (Å²) in [6, 6.07) is 7.07. The number of halogens is 1. The molecule has 0 fully saturated rings. The number of carbonyl (C=O) groups is 1. The van der Waals surface area contributed by atoms with Crippen LogP contribution < -0.4 is 9.47 Å². The van der Waals surface area contributed by atoms with Crippen LogP contribution in [0, 0.1) is 0 Å². The SMILES string of the molecule is COc1cc(/C=C/C(=O)N(C)Cc2ccco2)cc(Cl)c1OC. The van der Waals surface area contributed by atoms with E-state index in [1.165, 1.54) is 20.3 Å². The molecule has 0 unspecified atom stereocenters. The molecule has 0 spiro atoms. The predicted octanol–water partition coefficient (Wildman–Crippen LogP) is 3.62. The molecule has 1 amide bonds. The number of furan rings is 1. The van der Waals surface area contributed by atoms with E-state index in [1.54, 1.807) is 42.5 Å². The molecule has 2 rings (SSSR count). The zero-order valence-electron chi connectivity index (χ0n) is 13.2. The number of carbonyl (C=O) groups excluding carboxylic acids is 1. The van der Waals surface area contributed by atoms with Gasteiger partial charge in [-0.15, -0.1) is 0 Å². The number of amides is 1. The molecular formula is C17H18ClNO4. The molecule has 0 saturated carbocycles. The Kier molecular flexibility index (Phi) is 5.71. The molecule has 0 aliphatic carbocycles. The van der Waals surface area contributed by atoms with Gasteiger partial charge in [0.2, 0.25) is 5.91 Å². The van der Waals surface area contributed by atoms with Crippen molar-refractivity contribution in [1.82, 2.24) is 4.90 Å². The molecule has 0 aliphatic heterocycles. The third-order valence-corrected chi connectivity index (χ3v) is 3.50. The number of rotatable bonds is 6. The molecule has 0 saturated heterocycles. The summed E-state index contributed by atoms with van der Waals surface area (Å²) in [7, 11) is 4.76. The van der Waals surface area contributed by atoms with E-state index < -0.39 is 0 Å². The van der Waals surface area contributed by atoms with Crippen LogP contribution in [-0.4, -0.2) is 32.1 Å². The first-order valence-corrected chi connectivity index (χ1v) is 7.30. The van der Waals surface area contributed by atoms with Crippen molar-refractivity contribution in [2.24, 2.45) is 0 Å². The van der Waals surface area contributed by atoms with Crippen molar-refractivity contribution in [2.75, 3.05) is 21.3 Å². The van der Waals surface area contributed by atoms with Gasteiger partial charge in [-0.05, 0) is 35.9 Å². The maximum Gasteiger partial charge on any atom is 0.246 e. The Morgan fingerprint density at radius 1 is 1.35 bits per heavy atom. The molecule has 0 radical (unpaired) electrons. The molecular weight excluding hydrogens is 318 g/mol. The highest BCUT2D eigenvalue weighted by Crippen LogP contribution is 2.36. The lowest BCUT2D eigenvalue weighted by Gasteiger charge is -2.13. The molecule has 0 atom stereocenters. The van der Waals surface area contributed by atoms with Crippen LogP contribution in [0.2, 0.25) is 5.02 Å². The van der Waals surface area contributed by atoms with E-state index in [4.69, 9.17) is 25.5 Å². The average Bonchev–Trinajstić information content (AvgIpc) is 3.04. The van der Waals surface area contributed by atoms with Crippen molar-refractivity contribution >= 4 is 23.6 Å². The van der Waals surface area contributed by atoms with Crippen LogP contribution in [0.1, 0.15) is 11.3 Å². The maximum atomic E-state index is 12.1. The van der Waals surface area contributed by atoms with Gasteiger partial charge in [-0.2, -0.15) is 0 Å². The second kappa shape index (κ2) is 7.74. The molecule has 0 N–H and O–H groups in total. The van der Waals surface area contributed by atoms with E-state index in [-0.39, 0.29) is 5.91 Å². The zero-order chi connectivity index (χ0) is 16.8. The van der Waals surface area contributed by atoms with Gasteiger partial charge in [0.05, 0.1) is 32.1 Å². The fourth-order valence-electron chi connectivity index (χ4n) is 2.04. The van der Waals surface area contributed by atoms with Gasteiger partial charge in [-0.25, -0.2) is 0 Å². The topological polar surface area (TPSA) is 51.9 Å². The Morgan fingerprint density at radius 3 is 2.74 bits per heavy atom. The van der Waals surface area contributed by atoms with Crippen LogP contribution >= 0.6 is 11.6 Å². The van der Waals surface area contributed by atoms with Crippen molar-refractivity contribution in [3.8, 4) is 11.5 Å². The quantitative estimate of drug-likeness (QED) is 0.756. The van der Waals surface area contributed by atoms with Gasteiger partial charge in [0.25, 0.3) is 0 Å². The summed E-state index contributed by atoms with van der Waals surface area (Å²) >= 11 is 6.14. The largest absolute Gasteiger partial charge is 0.493 e. The number of hydrogen-bond acceptors (Lipinski definition) is 4. The Labute approximate surface area is 140 Å². The summed E-state index contributed by atoms with van der Waals surface area (Å²) in [4.78, 5) is 13.7. The Hall–Kier alpha value is -2.40. The fraction of sp³-hybridized carbons (Fsp3) is 0.235. The Morgan fingerprint density at radius 2 is 2.13 bits per heavy atom. The minimum Gasteiger partial charge on any atom is -0.493 e. The lowest BCUT2D eigenvalue weighted by Crippen LogP contribution is -2.23. The second-order valence-corrected chi connectivity index (χ2v) is 5.25. The molecule has 2 aromatic rings. The fourth-order valence-corrected chi connectivity index (χ4v) is 2.34. The minimum absolute atomic E-state index is 0.146. The van der Waals surface area contributed by atoms with Crippen molar-refractivity contribution in [3.05, 3.63) is 53.0 Å². The van der Waals surface area contributed by atoms with Crippen LogP contribution in [0.3, 0.4) is 0 Å². The standard InChI is InChI=1S/C17H18ClNO4/c1-19(11-13-5-4-8-23-13)16(20)7-6-12-9-14(18)17(22-3)15(10-12)21-2/h4-10H,11H2,1-3H3/b7-6+.